The van der Waals surface area contributed by atoms with Crippen molar-refractivity contribution in [2.45, 2.75) is 6.92 Å². The normalized spacial score (nSPS) is 13.5. The number of hydrogen-bond acceptors (Lipinski definition) is 5. The van der Waals surface area contributed by atoms with E-state index in [4.69, 9.17) is 11.6 Å². The molecule has 0 fully saturated rings. The molecule has 0 saturated heterocycles. The summed E-state index contributed by atoms with van der Waals surface area (Å²) in [5.74, 6) is -1.48. The molecule has 4 rings (SSSR count). The first-order chi connectivity index (χ1) is 15.3. The summed E-state index contributed by atoms with van der Waals surface area (Å²) in [5.41, 5.74) is 2.52. The topological polar surface area (TPSA) is 98.7 Å². The third-order valence-electron chi connectivity index (χ3n) is 4.90. The summed E-state index contributed by atoms with van der Waals surface area (Å²) in [4.78, 5) is 39.0. The lowest BCUT2D eigenvalue weighted by atomic mass is 10.1. The van der Waals surface area contributed by atoms with Gasteiger partial charge in [0.05, 0.1) is 5.69 Å². The second kappa shape index (κ2) is 8.56. The smallest absolute Gasteiger partial charge is 0.283 e. The summed E-state index contributed by atoms with van der Waals surface area (Å²) in [7, 11) is 0. The molecular formula is C24H18ClN3O4. The van der Waals surface area contributed by atoms with Crippen LogP contribution in [0.2, 0.25) is 0 Å². The summed E-state index contributed by atoms with van der Waals surface area (Å²) < 4.78 is 0. The van der Waals surface area contributed by atoms with Crippen molar-refractivity contribution in [3.8, 4) is 5.75 Å². The maximum absolute atomic E-state index is 12.9. The minimum absolute atomic E-state index is 0.0307. The van der Waals surface area contributed by atoms with Crippen LogP contribution in [0.4, 0.5) is 17.1 Å². The molecule has 3 aromatic rings. The van der Waals surface area contributed by atoms with E-state index in [9.17, 15) is 19.5 Å². The zero-order valence-corrected chi connectivity index (χ0v) is 17.7. The lowest BCUT2D eigenvalue weighted by Gasteiger charge is -2.17. The number of hydrogen-bond donors (Lipinski definition) is 3. The van der Waals surface area contributed by atoms with Crippen LogP contribution in [-0.2, 0) is 9.59 Å². The molecule has 1 heterocycles. The fourth-order valence-corrected chi connectivity index (χ4v) is 3.49. The maximum atomic E-state index is 12.9. The quantitative estimate of drug-likeness (QED) is 0.504. The Morgan fingerprint density at radius 2 is 1.62 bits per heavy atom. The number of rotatable bonds is 5. The maximum Gasteiger partial charge on any atom is 0.283 e. The van der Waals surface area contributed by atoms with Crippen molar-refractivity contribution in [2.75, 3.05) is 15.5 Å². The van der Waals surface area contributed by atoms with E-state index < -0.39 is 11.8 Å². The predicted octanol–water partition coefficient (Wildman–Crippen LogP) is 4.39. The number of aromatic hydroxyl groups is 1. The number of halogens is 1. The van der Waals surface area contributed by atoms with E-state index in [1.54, 1.807) is 61.5 Å². The van der Waals surface area contributed by atoms with E-state index in [2.05, 4.69) is 10.6 Å². The van der Waals surface area contributed by atoms with Gasteiger partial charge in [0.15, 0.2) is 0 Å². The third kappa shape index (κ3) is 4.06. The van der Waals surface area contributed by atoms with Gasteiger partial charge in [0.1, 0.15) is 16.5 Å². The van der Waals surface area contributed by atoms with E-state index >= 15 is 0 Å². The van der Waals surface area contributed by atoms with Gasteiger partial charge in [-0.3, -0.25) is 14.4 Å². The number of phenolic OH excluding ortho intramolecular Hbond substituents is 1. The second-order valence-electron chi connectivity index (χ2n) is 7.13. The number of amides is 3. The van der Waals surface area contributed by atoms with E-state index in [-0.39, 0.29) is 22.4 Å². The van der Waals surface area contributed by atoms with Crippen LogP contribution >= 0.6 is 11.6 Å². The molecule has 0 radical (unpaired) electrons. The number of phenols is 1. The molecule has 3 N–H and O–H groups in total. The molecule has 32 heavy (non-hydrogen) atoms. The molecule has 0 aliphatic carbocycles. The van der Waals surface area contributed by atoms with Crippen LogP contribution in [0.15, 0.2) is 83.5 Å². The Morgan fingerprint density at radius 1 is 0.906 bits per heavy atom. The molecule has 0 spiro atoms. The van der Waals surface area contributed by atoms with Crippen molar-refractivity contribution in [1.82, 2.24) is 0 Å². The third-order valence-corrected chi connectivity index (χ3v) is 5.25. The van der Waals surface area contributed by atoms with E-state index in [0.29, 0.717) is 22.6 Å². The molecule has 0 saturated carbocycles. The Kier molecular flexibility index (Phi) is 5.66. The molecule has 3 aromatic carbocycles. The fraction of sp³-hybridized carbons (Fsp3) is 0.0417. The van der Waals surface area contributed by atoms with Crippen molar-refractivity contribution in [3.63, 3.8) is 0 Å². The van der Waals surface area contributed by atoms with Crippen LogP contribution in [-0.4, -0.2) is 22.8 Å². The molecule has 8 heteroatoms. The number of carbonyl (C=O) groups excluding carboxylic acids is 3. The molecule has 0 bridgehead atoms. The largest absolute Gasteiger partial charge is 0.508 e. The molecule has 0 atom stereocenters. The highest BCUT2D eigenvalue weighted by Gasteiger charge is 2.39. The lowest BCUT2D eigenvalue weighted by molar-refractivity contribution is -0.120. The lowest BCUT2D eigenvalue weighted by Crippen LogP contribution is -2.32. The van der Waals surface area contributed by atoms with Crippen molar-refractivity contribution < 1.29 is 19.5 Å². The van der Waals surface area contributed by atoms with Gasteiger partial charge in [-0.2, -0.15) is 0 Å². The number of para-hydroxylation sites is 1. The van der Waals surface area contributed by atoms with Crippen molar-refractivity contribution in [2.24, 2.45) is 0 Å². The van der Waals surface area contributed by atoms with Gasteiger partial charge in [-0.1, -0.05) is 35.9 Å². The van der Waals surface area contributed by atoms with Gasteiger partial charge in [0.25, 0.3) is 17.7 Å². The molecule has 160 valence electrons. The van der Waals surface area contributed by atoms with Gasteiger partial charge in [-0.15, -0.1) is 0 Å². The molecule has 7 nitrogen and oxygen atoms in total. The Labute approximate surface area is 188 Å². The number of anilines is 3. The van der Waals surface area contributed by atoms with Crippen LogP contribution in [0.25, 0.3) is 0 Å². The summed E-state index contributed by atoms with van der Waals surface area (Å²) in [5, 5.41) is 14.9. The van der Waals surface area contributed by atoms with Crippen LogP contribution in [0.1, 0.15) is 15.9 Å². The van der Waals surface area contributed by atoms with Crippen LogP contribution in [0, 0.1) is 6.92 Å². The SMILES string of the molecule is Cc1ccccc1N1C(=O)C(Cl)=C(Nc2ccc(C(=O)Nc3cccc(O)c3)cc2)C1=O. The van der Waals surface area contributed by atoms with Crippen LogP contribution in [0.3, 0.4) is 0 Å². The minimum atomic E-state index is -0.601. The summed E-state index contributed by atoms with van der Waals surface area (Å²) in [6.07, 6.45) is 0. The van der Waals surface area contributed by atoms with E-state index in [1.165, 1.54) is 12.1 Å². The predicted molar refractivity (Wildman–Crippen MR) is 123 cm³/mol. The number of benzene rings is 3. The van der Waals surface area contributed by atoms with Crippen LogP contribution < -0.4 is 15.5 Å². The minimum Gasteiger partial charge on any atom is -0.508 e. The monoisotopic (exact) mass is 447 g/mol. The van der Waals surface area contributed by atoms with Gasteiger partial charge in [-0.25, -0.2) is 4.90 Å². The molecule has 3 amide bonds. The molecule has 1 aliphatic heterocycles. The highest BCUT2D eigenvalue weighted by Crippen LogP contribution is 2.31. The molecule has 0 aromatic heterocycles. The van der Waals surface area contributed by atoms with Gasteiger partial charge in [-0.05, 0) is 55.0 Å². The van der Waals surface area contributed by atoms with E-state index in [1.807, 2.05) is 6.07 Å². The standard InChI is InChI=1S/C24H18ClN3O4/c1-14-5-2-3-8-19(14)28-23(31)20(25)21(24(28)32)26-16-11-9-15(10-12-16)22(30)27-17-6-4-7-18(29)13-17/h2-13,26,29H,1H3,(H,27,30). The van der Waals surface area contributed by atoms with Gasteiger partial charge < -0.3 is 15.7 Å². The molecule has 1 aliphatic rings. The number of aryl methyl sites for hydroxylation is 1. The van der Waals surface area contributed by atoms with Gasteiger partial charge >= 0.3 is 0 Å². The Bertz CT molecular complexity index is 1270. The van der Waals surface area contributed by atoms with Crippen LogP contribution in [0.5, 0.6) is 5.75 Å². The van der Waals surface area contributed by atoms with Gasteiger partial charge in [0, 0.05) is 23.0 Å². The highest BCUT2D eigenvalue weighted by atomic mass is 35.5. The highest BCUT2D eigenvalue weighted by molar-refractivity contribution is 6.53. The summed E-state index contributed by atoms with van der Waals surface area (Å²) >= 11 is 6.18. The number of nitrogens with zero attached hydrogens (tertiary/aromatic N) is 1. The fourth-order valence-electron chi connectivity index (χ4n) is 3.28. The first kappa shape index (κ1) is 21.1. The Morgan fingerprint density at radius 3 is 2.31 bits per heavy atom. The molecule has 0 unspecified atom stereocenters. The average Bonchev–Trinajstić information content (AvgIpc) is 2.98. The number of carbonyl (C=O) groups is 3. The van der Waals surface area contributed by atoms with Crippen molar-refractivity contribution in [1.29, 1.82) is 0 Å². The summed E-state index contributed by atoms with van der Waals surface area (Å²) in [6, 6.07) is 19.6. The van der Waals surface area contributed by atoms with E-state index in [0.717, 1.165) is 10.5 Å². The Hall–Kier alpha value is -4.10. The first-order valence-electron chi connectivity index (χ1n) is 9.67. The Balaban J connectivity index is 1.49. The summed E-state index contributed by atoms with van der Waals surface area (Å²) in [6.45, 7) is 1.80. The van der Waals surface area contributed by atoms with Crippen molar-refractivity contribution in [3.05, 3.63) is 94.7 Å². The molecular weight excluding hydrogens is 430 g/mol. The average molecular weight is 448 g/mol. The van der Waals surface area contributed by atoms with Gasteiger partial charge in [0.2, 0.25) is 0 Å². The van der Waals surface area contributed by atoms with Crippen molar-refractivity contribution >= 4 is 46.4 Å². The number of nitrogens with one attached hydrogen (secondary N) is 2. The number of imide groups is 1. The zero-order chi connectivity index (χ0) is 22.8. The zero-order valence-electron chi connectivity index (χ0n) is 16.9. The second-order valence-corrected chi connectivity index (χ2v) is 7.51. The first-order valence-corrected chi connectivity index (χ1v) is 10.0.